The van der Waals surface area contributed by atoms with E-state index in [1.54, 1.807) is 30.3 Å². The van der Waals surface area contributed by atoms with Crippen LogP contribution in [-0.4, -0.2) is 10.7 Å². The predicted octanol–water partition coefficient (Wildman–Crippen LogP) is 5.65. The van der Waals surface area contributed by atoms with Crippen molar-refractivity contribution in [3.63, 3.8) is 0 Å². The number of carbonyl (C=O) groups is 1. The Labute approximate surface area is 166 Å². The van der Waals surface area contributed by atoms with Crippen LogP contribution in [0.15, 0.2) is 78.4 Å². The van der Waals surface area contributed by atoms with Crippen LogP contribution >= 0.6 is 11.6 Å². The first-order chi connectivity index (χ1) is 13.5. The van der Waals surface area contributed by atoms with Crippen molar-refractivity contribution in [3.05, 3.63) is 110 Å². The Hall–Kier alpha value is -3.44. The zero-order valence-corrected chi connectivity index (χ0v) is 15.3. The highest BCUT2D eigenvalue weighted by atomic mass is 35.5. The lowest BCUT2D eigenvalue weighted by molar-refractivity contribution is -0.384. The zero-order chi connectivity index (χ0) is 19.7. The van der Waals surface area contributed by atoms with Gasteiger partial charge < -0.3 is 4.74 Å². The minimum Gasteiger partial charge on any atom is -0.480 e. The Kier molecular flexibility index (Phi) is 4.67. The van der Waals surface area contributed by atoms with Crippen LogP contribution in [-0.2, 0) is 0 Å². The van der Waals surface area contributed by atoms with Crippen molar-refractivity contribution in [2.45, 2.75) is 6.10 Å². The Balaban J connectivity index is 1.86. The Morgan fingerprint density at radius 3 is 2.46 bits per heavy atom. The third-order valence-electron chi connectivity index (χ3n) is 4.51. The molecule has 1 atom stereocenters. The molecule has 0 radical (unpaired) electrons. The van der Waals surface area contributed by atoms with E-state index in [2.05, 4.69) is 0 Å². The summed E-state index contributed by atoms with van der Waals surface area (Å²) in [7, 11) is 0. The number of hydrogen-bond acceptors (Lipinski definition) is 4. The Morgan fingerprint density at radius 2 is 1.71 bits per heavy atom. The van der Waals surface area contributed by atoms with Crippen molar-refractivity contribution >= 4 is 29.1 Å². The molecule has 3 aromatic carbocycles. The van der Waals surface area contributed by atoms with Gasteiger partial charge in [-0.05, 0) is 35.4 Å². The summed E-state index contributed by atoms with van der Waals surface area (Å²) >= 11 is 5.90. The maximum absolute atomic E-state index is 13.2. The van der Waals surface area contributed by atoms with E-state index in [9.17, 15) is 14.9 Å². The van der Waals surface area contributed by atoms with Gasteiger partial charge in [-0.15, -0.1) is 0 Å². The van der Waals surface area contributed by atoms with E-state index in [1.807, 2.05) is 36.4 Å². The fourth-order valence-electron chi connectivity index (χ4n) is 3.18. The number of nitro benzene ring substituents is 1. The molecule has 0 saturated heterocycles. The molecule has 5 nitrogen and oxygen atoms in total. The van der Waals surface area contributed by atoms with Crippen molar-refractivity contribution in [3.8, 4) is 5.75 Å². The van der Waals surface area contributed by atoms with E-state index in [-0.39, 0.29) is 16.5 Å². The number of rotatable bonds is 3. The quantitative estimate of drug-likeness (QED) is 0.328. The molecule has 0 bridgehead atoms. The number of carbonyl (C=O) groups excluding carboxylic acids is 1. The lowest BCUT2D eigenvalue weighted by Gasteiger charge is -2.28. The molecule has 0 saturated carbocycles. The van der Waals surface area contributed by atoms with Gasteiger partial charge in [-0.1, -0.05) is 60.1 Å². The average molecular weight is 392 g/mol. The highest BCUT2D eigenvalue weighted by Crippen LogP contribution is 2.39. The molecular weight excluding hydrogens is 378 g/mol. The van der Waals surface area contributed by atoms with E-state index >= 15 is 0 Å². The molecule has 0 amide bonds. The van der Waals surface area contributed by atoms with Crippen LogP contribution in [0, 0.1) is 10.1 Å². The van der Waals surface area contributed by atoms with E-state index in [4.69, 9.17) is 16.3 Å². The molecule has 6 heteroatoms. The van der Waals surface area contributed by atoms with Crippen molar-refractivity contribution in [1.29, 1.82) is 0 Å². The summed E-state index contributed by atoms with van der Waals surface area (Å²) in [6.45, 7) is 0. The second-order valence-corrected chi connectivity index (χ2v) is 6.71. The molecule has 0 aromatic heterocycles. The Bertz CT molecular complexity index is 1110. The largest absolute Gasteiger partial charge is 0.480 e. The van der Waals surface area contributed by atoms with Gasteiger partial charge in [0.2, 0.25) is 0 Å². The predicted molar refractivity (Wildman–Crippen MR) is 107 cm³/mol. The summed E-state index contributed by atoms with van der Waals surface area (Å²) in [6.07, 6.45) is 1.01. The second-order valence-electron chi connectivity index (χ2n) is 6.30. The monoisotopic (exact) mass is 391 g/mol. The number of Topliss-reactive ketones (excluding diaryl/α,β-unsaturated/α-hetero) is 1. The van der Waals surface area contributed by atoms with Gasteiger partial charge in [0.15, 0.2) is 11.9 Å². The third-order valence-corrected chi connectivity index (χ3v) is 4.83. The van der Waals surface area contributed by atoms with Gasteiger partial charge in [-0.3, -0.25) is 14.9 Å². The first kappa shape index (κ1) is 17.9. The molecule has 138 valence electrons. The Morgan fingerprint density at radius 1 is 1.00 bits per heavy atom. The van der Waals surface area contributed by atoms with Gasteiger partial charge in [-0.25, -0.2) is 0 Å². The van der Waals surface area contributed by atoms with Gasteiger partial charge in [0.1, 0.15) is 10.8 Å². The number of nitrogens with zero attached hydrogens (tertiary/aromatic N) is 1. The number of nitro groups is 1. The number of para-hydroxylation sites is 1. The van der Waals surface area contributed by atoms with Crippen LogP contribution < -0.4 is 4.74 Å². The smallest absolute Gasteiger partial charge is 0.288 e. The molecule has 0 unspecified atom stereocenters. The van der Waals surface area contributed by atoms with Gasteiger partial charge in [0.25, 0.3) is 5.69 Å². The fourth-order valence-corrected chi connectivity index (χ4v) is 3.36. The summed E-state index contributed by atoms with van der Waals surface area (Å²) in [4.78, 5) is 23.8. The van der Waals surface area contributed by atoms with E-state index in [0.717, 1.165) is 5.56 Å². The third kappa shape index (κ3) is 3.28. The summed E-state index contributed by atoms with van der Waals surface area (Å²) in [5.74, 6) is 0.342. The van der Waals surface area contributed by atoms with Crippen molar-refractivity contribution in [1.82, 2.24) is 0 Å². The summed E-state index contributed by atoms with van der Waals surface area (Å²) in [5, 5.41) is 11.2. The maximum Gasteiger partial charge on any atom is 0.288 e. The highest BCUT2D eigenvalue weighted by Gasteiger charge is 2.32. The van der Waals surface area contributed by atoms with Crippen LogP contribution in [0.5, 0.6) is 5.75 Å². The van der Waals surface area contributed by atoms with Crippen LogP contribution in [0.3, 0.4) is 0 Å². The number of hydrogen-bond donors (Lipinski definition) is 0. The minimum absolute atomic E-state index is 0.0447. The molecule has 1 heterocycles. The van der Waals surface area contributed by atoms with Crippen molar-refractivity contribution in [2.75, 3.05) is 0 Å². The van der Waals surface area contributed by atoms with Gasteiger partial charge in [0, 0.05) is 11.6 Å². The first-order valence-electron chi connectivity index (χ1n) is 8.55. The standard InChI is InChI=1S/C22H14ClNO4/c23-18-11-10-14(13-19(18)24(26)27)12-17-21(25)16-8-4-5-9-20(16)28-22(17)15-6-2-1-3-7-15/h1-13,22H/b17-12-/t22-/m1/s1. The van der Waals surface area contributed by atoms with Gasteiger partial charge >= 0.3 is 0 Å². The maximum atomic E-state index is 13.2. The number of fused-ring (bicyclic) bond motifs is 1. The minimum atomic E-state index is -0.613. The summed E-state index contributed by atoms with van der Waals surface area (Å²) in [6, 6.07) is 20.9. The van der Waals surface area contributed by atoms with Crippen LogP contribution in [0.25, 0.3) is 6.08 Å². The number of halogens is 1. The van der Waals surface area contributed by atoms with Gasteiger partial charge in [0.05, 0.1) is 10.5 Å². The fraction of sp³-hybridized carbons (Fsp3) is 0.0455. The number of benzene rings is 3. The van der Waals surface area contributed by atoms with E-state index < -0.39 is 11.0 Å². The van der Waals surface area contributed by atoms with Crippen LogP contribution in [0.1, 0.15) is 27.6 Å². The van der Waals surface area contributed by atoms with Crippen molar-refractivity contribution < 1.29 is 14.5 Å². The van der Waals surface area contributed by atoms with E-state index in [0.29, 0.717) is 22.4 Å². The topological polar surface area (TPSA) is 69.4 Å². The molecule has 0 aliphatic carbocycles. The van der Waals surface area contributed by atoms with Gasteiger partial charge in [-0.2, -0.15) is 0 Å². The summed E-state index contributed by atoms with van der Waals surface area (Å²) in [5.41, 5.74) is 1.98. The molecule has 1 aliphatic heterocycles. The molecule has 1 aliphatic rings. The molecule has 4 rings (SSSR count). The SMILES string of the molecule is O=C1/C(=C/c2ccc(Cl)c([N+](=O)[O-])c2)[C@@H](c2ccccc2)Oc2ccccc21. The lowest BCUT2D eigenvalue weighted by atomic mass is 9.89. The zero-order valence-electron chi connectivity index (χ0n) is 14.5. The molecule has 0 spiro atoms. The van der Waals surface area contributed by atoms with Crippen LogP contribution in [0.4, 0.5) is 5.69 Å². The molecule has 3 aromatic rings. The van der Waals surface area contributed by atoms with Crippen LogP contribution in [0.2, 0.25) is 5.02 Å². The molecular formula is C22H14ClNO4. The molecule has 28 heavy (non-hydrogen) atoms. The average Bonchev–Trinajstić information content (AvgIpc) is 2.71. The first-order valence-corrected chi connectivity index (χ1v) is 8.93. The highest BCUT2D eigenvalue weighted by molar-refractivity contribution is 6.32. The lowest BCUT2D eigenvalue weighted by Crippen LogP contribution is -2.23. The molecule has 0 fully saturated rings. The van der Waals surface area contributed by atoms with E-state index in [1.165, 1.54) is 12.1 Å². The summed E-state index contributed by atoms with van der Waals surface area (Å²) < 4.78 is 6.13. The number of ketones is 1. The molecule has 0 N–H and O–H groups in total. The normalized spacial score (nSPS) is 17.1. The number of ether oxygens (including phenoxy) is 1. The second kappa shape index (κ2) is 7.29. The van der Waals surface area contributed by atoms with Crippen molar-refractivity contribution in [2.24, 2.45) is 0 Å².